The van der Waals surface area contributed by atoms with E-state index in [9.17, 15) is 9.18 Å². The van der Waals surface area contributed by atoms with Gasteiger partial charge in [-0.2, -0.15) is 0 Å². The number of thioether (sulfide) groups is 1. The Morgan fingerprint density at radius 2 is 2.35 bits per heavy atom. The number of nitrogens with zero attached hydrogens (tertiary/aromatic N) is 1. The zero-order chi connectivity index (χ0) is 12.3. The molecule has 0 aliphatic rings. The maximum absolute atomic E-state index is 12.9. The van der Waals surface area contributed by atoms with Crippen LogP contribution in [0.25, 0.3) is 0 Å². The minimum Gasteiger partial charge on any atom is -0.293 e. The van der Waals surface area contributed by atoms with Gasteiger partial charge in [-0.1, -0.05) is 23.4 Å². The van der Waals surface area contributed by atoms with E-state index in [1.54, 1.807) is 6.20 Å². The molecule has 1 aromatic heterocycles. The van der Waals surface area contributed by atoms with Crippen LogP contribution in [0.15, 0.2) is 34.1 Å². The van der Waals surface area contributed by atoms with E-state index < -0.39 is 5.82 Å². The number of halogens is 2. The van der Waals surface area contributed by atoms with Gasteiger partial charge >= 0.3 is 0 Å². The fourth-order valence-corrected chi connectivity index (χ4v) is 2.87. The molecule has 0 saturated heterocycles. The Bertz CT molecular complexity index is 530. The van der Waals surface area contributed by atoms with Gasteiger partial charge in [0.15, 0.2) is 5.78 Å². The third kappa shape index (κ3) is 3.28. The van der Waals surface area contributed by atoms with Crippen molar-refractivity contribution in [1.29, 1.82) is 0 Å². The van der Waals surface area contributed by atoms with Crippen LogP contribution in [0, 0.1) is 5.82 Å². The molecule has 0 unspecified atom stereocenters. The third-order valence-electron chi connectivity index (χ3n) is 1.98. The number of ketones is 1. The molecular weight excluding hydrogens is 281 g/mol. The molecule has 2 rings (SSSR count). The third-order valence-corrected chi connectivity index (χ3v) is 4.23. The number of hydrogen-bond acceptors (Lipinski definition) is 4. The summed E-state index contributed by atoms with van der Waals surface area (Å²) in [5.74, 6) is -0.335. The van der Waals surface area contributed by atoms with E-state index in [-0.39, 0.29) is 16.6 Å². The summed E-state index contributed by atoms with van der Waals surface area (Å²) in [5.41, 5.74) is 0.417. The van der Waals surface area contributed by atoms with Crippen LogP contribution < -0.4 is 0 Å². The summed E-state index contributed by atoms with van der Waals surface area (Å²) in [5, 5.41) is 1.82. The van der Waals surface area contributed by atoms with Crippen molar-refractivity contribution in [2.75, 3.05) is 5.75 Å². The molecule has 0 aliphatic carbocycles. The lowest BCUT2D eigenvalue weighted by Crippen LogP contribution is -2.02. The molecule has 2 nitrogen and oxygen atoms in total. The molecule has 0 aliphatic heterocycles. The maximum atomic E-state index is 12.9. The van der Waals surface area contributed by atoms with E-state index >= 15 is 0 Å². The van der Waals surface area contributed by atoms with Crippen LogP contribution in [0.3, 0.4) is 0 Å². The predicted octanol–water partition coefficient (Wildman–Crippen LogP) is 3.91. The van der Waals surface area contributed by atoms with Crippen LogP contribution in [0.4, 0.5) is 4.39 Å². The monoisotopic (exact) mass is 287 g/mol. The number of aromatic nitrogens is 1. The Balaban J connectivity index is 2.02. The zero-order valence-corrected chi connectivity index (χ0v) is 10.9. The molecule has 0 N–H and O–H groups in total. The number of thiazole rings is 1. The molecule has 1 aromatic carbocycles. The summed E-state index contributed by atoms with van der Waals surface area (Å²) in [4.78, 5) is 15.8. The molecular formula is C11H7ClFNOS2. The average molecular weight is 288 g/mol. The second-order valence-electron chi connectivity index (χ2n) is 3.14. The molecule has 0 radical (unpaired) electrons. The Hall–Kier alpha value is -0.910. The zero-order valence-electron chi connectivity index (χ0n) is 8.52. The molecule has 88 valence electrons. The fraction of sp³-hybridized carbons (Fsp3) is 0.0909. The summed E-state index contributed by atoms with van der Waals surface area (Å²) in [6, 6.07) is 3.98. The van der Waals surface area contributed by atoms with Crippen molar-refractivity contribution in [3.8, 4) is 0 Å². The van der Waals surface area contributed by atoms with Gasteiger partial charge < -0.3 is 0 Å². The van der Waals surface area contributed by atoms with Gasteiger partial charge in [0.25, 0.3) is 0 Å². The van der Waals surface area contributed by atoms with Gasteiger partial charge in [0.1, 0.15) is 10.2 Å². The number of benzene rings is 1. The first kappa shape index (κ1) is 12.5. The van der Waals surface area contributed by atoms with Crippen LogP contribution in [-0.2, 0) is 0 Å². The highest BCUT2D eigenvalue weighted by molar-refractivity contribution is 8.01. The number of carbonyl (C=O) groups excluding carboxylic acids is 1. The van der Waals surface area contributed by atoms with Crippen molar-refractivity contribution < 1.29 is 9.18 Å². The van der Waals surface area contributed by atoms with Crippen molar-refractivity contribution in [2.24, 2.45) is 0 Å². The largest absolute Gasteiger partial charge is 0.293 e. The SMILES string of the molecule is O=C(CSc1nccs1)c1ccc(F)c(Cl)c1. The van der Waals surface area contributed by atoms with E-state index in [0.29, 0.717) is 5.56 Å². The van der Waals surface area contributed by atoms with E-state index in [1.807, 2.05) is 5.38 Å². The van der Waals surface area contributed by atoms with Crippen LogP contribution in [0.2, 0.25) is 5.02 Å². The Morgan fingerprint density at radius 3 is 3.00 bits per heavy atom. The Labute approximate surface area is 111 Å². The van der Waals surface area contributed by atoms with Crippen LogP contribution in [-0.4, -0.2) is 16.5 Å². The quantitative estimate of drug-likeness (QED) is 0.631. The minimum absolute atomic E-state index is 0.0323. The van der Waals surface area contributed by atoms with Gasteiger partial charge in [0.2, 0.25) is 0 Å². The number of hydrogen-bond donors (Lipinski definition) is 0. The molecule has 0 amide bonds. The van der Waals surface area contributed by atoms with Gasteiger partial charge in [-0.05, 0) is 18.2 Å². The van der Waals surface area contributed by atoms with Crippen molar-refractivity contribution in [1.82, 2.24) is 4.98 Å². The highest BCUT2D eigenvalue weighted by atomic mass is 35.5. The number of Topliss-reactive ketones (excluding diaryl/α,β-unsaturated/α-hetero) is 1. The first-order valence-corrected chi connectivity index (χ1v) is 6.91. The normalized spacial score (nSPS) is 10.5. The molecule has 1 heterocycles. The molecule has 0 spiro atoms. The minimum atomic E-state index is -0.518. The molecule has 2 aromatic rings. The summed E-state index contributed by atoms with van der Waals surface area (Å²) in [6.07, 6.45) is 1.69. The van der Waals surface area contributed by atoms with Crippen LogP contribution in [0.1, 0.15) is 10.4 Å². The Kier molecular flexibility index (Phi) is 4.15. The van der Waals surface area contributed by atoms with Gasteiger partial charge in [0.05, 0.1) is 10.8 Å². The van der Waals surface area contributed by atoms with Gasteiger partial charge in [-0.15, -0.1) is 11.3 Å². The van der Waals surface area contributed by atoms with E-state index in [4.69, 9.17) is 11.6 Å². The fourth-order valence-electron chi connectivity index (χ4n) is 1.16. The predicted molar refractivity (Wildman–Crippen MR) is 68.6 cm³/mol. The van der Waals surface area contributed by atoms with Gasteiger partial charge in [-0.25, -0.2) is 9.37 Å². The molecule has 0 fully saturated rings. The average Bonchev–Trinajstić information content (AvgIpc) is 2.82. The second kappa shape index (κ2) is 5.62. The number of carbonyl (C=O) groups is 1. The molecule has 17 heavy (non-hydrogen) atoms. The van der Waals surface area contributed by atoms with Crippen LogP contribution >= 0.6 is 34.7 Å². The number of rotatable bonds is 4. The van der Waals surface area contributed by atoms with Crippen molar-refractivity contribution in [2.45, 2.75) is 4.34 Å². The summed E-state index contributed by atoms with van der Waals surface area (Å²) < 4.78 is 13.8. The molecule has 0 bridgehead atoms. The lowest BCUT2D eigenvalue weighted by atomic mass is 10.1. The summed E-state index contributed by atoms with van der Waals surface area (Å²) in [7, 11) is 0. The molecule has 0 saturated carbocycles. The van der Waals surface area contributed by atoms with E-state index in [2.05, 4.69) is 4.98 Å². The first-order valence-electron chi connectivity index (χ1n) is 4.67. The van der Waals surface area contributed by atoms with Gasteiger partial charge in [0, 0.05) is 17.1 Å². The Morgan fingerprint density at radius 1 is 1.53 bits per heavy atom. The highest BCUT2D eigenvalue weighted by Gasteiger charge is 2.10. The van der Waals surface area contributed by atoms with E-state index in [1.165, 1.54) is 41.3 Å². The molecule has 0 atom stereocenters. The second-order valence-corrected chi connectivity index (χ2v) is 5.66. The van der Waals surface area contributed by atoms with Crippen molar-refractivity contribution in [3.05, 3.63) is 46.2 Å². The topological polar surface area (TPSA) is 30.0 Å². The lowest BCUT2D eigenvalue weighted by molar-refractivity contribution is 0.102. The molecule has 6 heteroatoms. The van der Waals surface area contributed by atoms with Crippen molar-refractivity contribution >= 4 is 40.5 Å². The van der Waals surface area contributed by atoms with Crippen molar-refractivity contribution in [3.63, 3.8) is 0 Å². The maximum Gasteiger partial charge on any atom is 0.173 e. The van der Waals surface area contributed by atoms with Crippen LogP contribution in [0.5, 0.6) is 0 Å². The summed E-state index contributed by atoms with van der Waals surface area (Å²) >= 11 is 8.45. The van der Waals surface area contributed by atoms with E-state index in [0.717, 1.165) is 4.34 Å². The highest BCUT2D eigenvalue weighted by Crippen LogP contribution is 2.22. The van der Waals surface area contributed by atoms with Gasteiger partial charge in [-0.3, -0.25) is 4.79 Å². The standard InChI is InChI=1S/C11H7ClFNOS2/c12-8-5-7(1-2-9(8)13)10(15)6-17-11-14-3-4-16-11/h1-5H,6H2. The summed E-state index contributed by atoms with van der Waals surface area (Å²) in [6.45, 7) is 0. The lowest BCUT2D eigenvalue weighted by Gasteiger charge is -2.00. The first-order chi connectivity index (χ1) is 8.16. The smallest absolute Gasteiger partial charge is 0.173 e.